The van der Waals surface area contributed by atoms with Gasteiger partial charge in [0.05, 0.1) is 0 Å². The van der Waals surface area contributed by atoms with Gasteiger partial charge in [-0.2, -0.15) is 0 Å². The van der Waals surface area contributed by atoms with E-state index in [2.05, 4.69) is 15.9 Å². The van der Waals surface area contributed by atoms with Crippen molar-refractivity contribution >= 4 is 27.8 Å². The molecular weight excluding hydrogens is 300 g/mol. The van der Waals surface area contributed by atoms with E-state index in [0.29, 0.717) is 18.7 Å². The first-order chi connectivity index (χ1) is 8.36. The Bertz CT molecular complexity index is 511. The van der Waals surface area contributed by atoms with Gasteiger partial charge in [-0.05, 0) is 41.8 Å². The molecule has 0 spiro atoms. The van der Waals surface area contributed by atoms with Gasteiger partial charge in [0, 0.05) is 24.3 Å². The van der Waals surface area contributed by atoms with E-state index in [1.807, 2.05) is 0 Å². The molecule has 18 heavy (non-hydrogen) atoms. The number of aromatic nitrogens is 1. The summed E-state index contributed by atoms with van der Waals surface area (Å²) in [4.78, 5) is 25.2. The summed E-state index contributed by atoms with van der Waals surface area (Å²) in [5.74, 6) is -1.17. The first-order valence-electron chi connectivity index (χ1n) is 5.73. The van der Waals surface area contributed by atoms with Crippen molar-refractivity contribution in [3.8, 4) is 0 Å². The molecule has 1 aliphatic heterocycles. The molecule has 1 N–H and O–H groups in total. The highest BCUT2D eigenvalue weighted by Crippen LogP contribution is 2.31. The van der Waals surface area contributed by atoms with Gasteiger partial charge < -0.3 is 14.6 Å². The van der Waals surface area contributed by atoms with Gasteiger partial charge in [-0.25, -0.2) is 4.79 Å². The van der Waals surface area contributed by atoms with Crippen LogP contribution in [0.4, 0.5) is 0 Å². The molecule has 2 rings (SSSR count). The Morgan fingerprint density at radius 1 is 1.50 bits per heavy atom. The molecule has 0 aliphatic carbocycles. The minimum Gasteiger partial charge on any atom is -0.480 e. The monoisotopic (exact) mass is 314 g/mol. The van der Waals surface area contributed by atoms with Crippen LogP contribution in [-0.4, -0.2) is 38.5 Å². The Balaban J connectivity index is 2.34. The Hall–Kier alpha value is -1.30. The van der Waals surface area contributed by atoms with Gasteiger partial charge in [-0.3, -0.25) is 4.79 Å². The molecule has 0 saturated carbocycles. The van der Waals surface area contributed by atoms with Crippen molar-refractivity contribution in [1.82, 2.24) is 9.47 Å². The van der Waals surface area contributed by atoms with Crippen molar-refractivity contribution in [2.24, 2.45) is 7.05 Å². The maximum atomic E-state index is 12.4. The van der Waals surface area contributed by atoms with E-state index in [1.165, 1.54) is 4.90 Å². The van der Waals surface area contributed by atoms with Crippen LogP contribution in [0.1, 0.15) is 30.3 Å². The molecule has 1 aromatic heterocycles. The zero-order valence-corrected chi connectivity index (χ0v) is 11.9. The second-order valence-electron chi connectivity index (χ2n) is 4.79. The number of aryl methyl sites for hydroxylation is 1. The number of nitrogens with zero attached hydrogens (tertiary/aromatic N) is 2. The van der Waals surface area contributed by atoms with E-state index in [0.717, 1.165) is 10.9 Å². The average molecular weight is 315 g/mol. The number of carbonyl (C=O) groups is 2. The lowest BCUT2D eigenvalue weighted by molar-refractivity contribution is -0.147. The highest BCUT2D eigenvalue weighted by Gasteiger charge is 2.46. The molecule has 1 saturated heterocycles. The lowest BCUT2D eigenvalue weighted by atomic mass is 9.99. The van der Waals surface area contributed by atoms with Crippen LogP contribution in [0.2, 0.25) is 0 Å². The predicted octanol–water partition coefficient (Wildman–Crippen LogP) is 1.87. The summed E-state index contributed by atoms with van der Waals surface area (Å²) in [5, 5.41) is 9.30. The number of carboxylic acid groups (broad SMARTS) is 1. The fraction of sp³-hybridized carbons (Fsp3) is 0.500. The maximum absolute atomic E-state index is 12.4. The molecule has 5 nitrogen and oxygen atoms in total. The Morgan fingerprint density at radius 2 is 2.17 bits per heavy atom. The molecule has 1 unspecified atom stereocenters. The molecule has 1 atom stereocenters. The van der Waals surface area contributed by atoms with Crippen molar-refractivity contribution in [3.05, 3.63) is 22.4 Å². The second-order valence-corrected chi connectivity index (χ2v) is 5.71. The molecule has 1 amide bonds. The summed E-state index contributed by atoms with van der Waals surface area (Å²) in [6, 6.07) is 1.71. The molecule has 98 valence electrons. The van der Waals surface area contributed by atoms with Crippen LogP contribution in [0.25, 0.3) is 0 Å². The van der Waals surface area contributed by atoms with Crippen LogP contribution in [0.15, 0.2) is 16.7 Å². The van der Waals surface area contributed by atoms with Crippen molar-refractivity contribution in [1.29, 1.82) is 0 Å². The zero-order valence-electron chi connectivity index (χ0n) is 10.3. The lowest BCUT2D eigenvalue weighted by Crippen LogP contribution is -2.51. The molecule has 1 aliphatic rings. The van der Waals surface area contributed by atoms with Crippen LogP contribution in [0.5, 0.6) is 0 Å². The molecule has 0 bridgehead atoms. The third kappa shape index (κ3) is 1.94. The maximum Gasteiger partial charge on any atom is 0.329 e. The SMILES string of the molecule is Cn1cc(Br)cc1C(=O)N1CCCC1(C)C(=O)O. The summed E-state index contributed by atoms with van der Waals surface area (Å²) in [7, 11) is 1.77. The standard InChI is InChI=1S/C12H15BrN2O3/c1-12(11(17)18)4-3-5-15(12)10(16)9-6-8(13)7-14(9)2/h6-7H,3-5H2,1-2H3,(H,17,18). The Labute approximate surface area is 114 Å². The largest absolute Gasteiger partial charge is 0.480 e. The third-order valence-corrected chi connectivity index (χ3v) is 3.97. The molecular formula is C12H15BrN2O3. The minimum atomic E-state index is -1.09. The fourth-order valence-electron chi connectivity index (χ4n) is 2.39. The molecule has 2 heterocycles. The van der Waals surface area contributed by atoms with Crippen molar-refractivity contribution in [3.63, 3.8) is 0 Å². The number of rotatable bonds is 2. The molecule has 0 aromatic carbocycles. The van der Waals surface area contributed by atoms with Gasteiger partial charge in [-0.1, -0.05) is 0 Å². The molecule has 1 fully saturated rings. The van der Waals surface area contributed by atoms with Gasteiger partial charge in [0.1, 0.15) is 11.2 Å². The predicted molar refractivity (Wildman–Crippen MR) is 69.4 cm³/mol. The van der Waals surface area contributed by atoms with Gasteiger partial charge in [0.2, 0.25) is 0 Å². The number of hydrogen-bond acceptors (Lipinski definition) is 2. The highest BCUT2D eigenvalue weighted by atomic mass is 79.9. The number of likely N-dealkylation sites (tertiary alicyclic amines) is 1. The van der Waals surface area contributed by atoms with Crippen LogP contribution >= 0.6 is 15.9 Å². The summed E-state index contributed by atoms with van der Waals surface area (Å²) >= 11 is 3.31. The third-order valence-electron chi connectivity index (χ3n) is 3.54. The van der Waals surface area contributed by atoms with E-state index in [9.17, 15) is 14.7 Å². The first-order valence-corrected chi connectivity index (χ1v) is 6.53. The summed E-state index contributed by atoms with van der Waals surface area (Å²) in [6.45, 7) is 2.10. The lowest BCUT2D eigenvalue weighted by Gasteiger charge is -2.31. The Morgan fingerprint density at radius 3 is 2.67 bits per heavy atom. The van der Waals surface area contributed by atoms with Gasteiger partial charge in [0.15, 0.2) is 0 Å². The highest BCUT2D eigenvalue weighted by molar-refractivity contribution is 9.10. The average Bonchev–Trinajstić information content (AvgIpc) is 2.82. The quantitative estimate of drug-likeness (QED) is 0.906. The second kappa shape index (κ2) is 4.42. The number of halogens is 1. The smallest absolute Gasteiger partial charge is 0.329 e. The van der Waals surface area contributed by atoms with Crippen LogP contribution in [0.3, 0.4) is 0 Å². The number of carbonyl (C=O) groups excluding carboxylic acids is 1. The van der Waals surface area contributed by atoms with E-state index in [4.69, 9.17) is 0 Å². The van der Waals surface area contributed by atoms with E-state index >= 15 is 0 Å². The molecule has 0 radical (unpaired) electrons. The number of carboxylic acids is 1. The van der Waals surface area contributed by atoms with Crippen LogP contribution in [-0.2, 0) is 11.8 Å². The zero-order chi connectivity index (χ0) is 13.5. The van der Waals surface area contributed by atoms with Crippen molar-refractivity contribution in [2.45, 2.75) is 25.3 Å². The summed E-state index contributed by atoms with van der Waals surface area (Å²) in [6.07, 6.45) is 3.00. The number of aliphatic carboxylic acids is 1. The van der Waals surface area contributed by atoms with E-state index in [1.54, 1.807) is 30.8 Å². The molecule has 1 aromatic rings. The van der Waals surface area contributed by atoms with Crippen LogP contribution < -0.4 is 0 Å². The minimum absolute atomic E-state index is 0.231. The Kier molecular flexibility index (Phi) is 3.23. The van der Waals surface area contributed by atoms with Gasteiger partial charge in [-0.15, -0.1) is 0 Å². The fourth-order valence-corrected chi connectivity index (χ4v) is 2.91. The normalized spacial score (nSPS) is 23.4. The van der Waals surface area contributed by atoms with Crippen LogP contribution in [0, 0.1) is 0 Å². The van der Waals surface area contributed by atoms with Gasteiger partial charge >= 0.3 is 5.97 Å². The summed E-state index contributed by atoms with van der Waals surface area (Å²) < 4.78 is 2.51. The van der Waals surface area contributed by atoms with Gasteiger partial charge in [0.25, 0.3) is 5.91 Å². The van der Waals surface area contributed by atoms with E-state index < -0.39 is 11.5 Å². The van der Waals surface area contributed by atoms with Crippen molar-refractivity contribution < 1.29 is 14.7 Å². The van der Waals surface area contributed by atoms with E-state index in [-0.39, 0.29) is 5.91 Å². The molecule has 6 heteroatoms. The van der Waals surface area contributed by atoms with Crippen molar-refractivity contribution in [2.75, 3.05) is 6.54 Å². The number of amides is 1. The summed E-state index contributed by atoms with van der Waals surface area (Å²) in [5.41, 5.74) is -0.593. The first kappa shape index (κ1) is 13.1. The topological polar surface area (TPSA) is 62.5 Å². The number of hydrogen-bond donors (Lipinski definition) is 1.